The van der Waals surface area contributed by atoms with E-state index in [2.05, 4.69) is 123 Å². The van der Waals surface area contributed by atoms with Crippen LogP contribution < -0.4 is 5.32 Å². The monoisotopic (exact) mass is 1150 g/mol. The number of unbranched alkanes of at least 4 members (excludes halogenated alkanes) is 27. The Hall–Kier alpha value is -3.33. The Morgan fingerprint density at radius 2 is 0.790 bits per heavy atom. The predicted octanol–water partition coefficient (Wildman–Crippen LogP) is 20.9. The normalized spacial score (nSPS) is 14.3. The van der Waals surface area contributed by atoms with E-state index in [0.29, 0.717) is 23.9 Å². The van der Waals surface area contributed by atoms with Gasteiger partial charge in [-0.1, -0.05) is 259 Å². The average Bonchev–Trinajstić information content (AvgIpc) is 3.44. The lowest BCUT2D eigenvalue weighted by molar-refractivity contribution is -0.870. The minimum absolute atomic E-state index is 0.0294. The molecule has 0 aromatic rings. The van der Waals surface area contributed by atoms with E-state index in [1.165, 1.54) is 135 Å². The van der Waals surface area contributed by atoms with E-state index in [9.17, 15) is 19.0 Å². The Labute approximate surface area is 500 Å². The van der Waals surface area contributed by atoms with Gasteiger partial charge < -0.3 is 19.4 Å². The Morgan fingerprint density at radius 3 is 1.22 bits per heavy atom. The first-order chi connectivity index (χ1) is 39.4. The lowest BCUT2D eigenvalue weighted by Gasteiger charge is -2.27. The van der Waals surface area contributed by atoms with Crippen molar-refractivity contribution in [3.8, 4) is 0 Å². The van der Waals surface area contributed by atoms with Crippen molar-refractivity contribution >= 4 is 19.7 Å². The van der Waals surface area contributed by atoms with Crippen molar-refractivity contribution in [1.82, 2.24) is 5.32 Å². The number of nitrogens with one attached hydrogen (secondary N) is 1. The van der Waals surface area contributed by atoms with Gasteiger partial charge in [0.25, 0.3) is 0 Å². The molecule has 0 spiro atoms. The number of phosphoric ester groups is 1. The molecule has 3 unspecified atom stereocenters. The third-order valence-corrected chi connectivity index (χ3v) is 15.2. The minimum Gasteiger partial charge on any atom is -0.456 e. The van der Waals surface area contributed by atoms with Crippen molar-refractivity contribution in [2.24, 2.45) is 0 Å². The van der Waals surface area contributed by atoms with E-state index in [1.807, 2.05) is 33.3 Å². The number of hydrogen-bond donors (Lipinski definition) is 2. The van der Waals surface area contributed by atoms with Crippen molar-refractivity contribution in [2.75, 3.05) is 40.9 Å². The fraction of sp³-hybridized carbons (Fsp3) is 0.718. The zero-order valence-electron chi connectivity index (χ0n) is 53.2. The summed E-state index contributed by atoms with van der Waals surface area (Å²) in [5.74, 6) is -0.547. The molecule has 0 aliphatic rings. The van der Waals surface area contributed by atoms with Crippen LogP contribution >= 0.6 is 7.82 Å². The van der Waals surface area contributed by atoms with Gasteiger partial charge in [0.2, 0.25) is 5.91 Å². The summed E-state index contributed by atoms with van der Waals surface area (Å²) in [6, 6.07) is -0.870. The van der Waals surface area contributed by atoms with Gasteiger partial charge in [-0.25, -0.2) is 4.57 Å². The second-order valence-electron chi connectivity index (χ2n) is 23.3. The molecule has 1 amide bonds. The first-order valence-electron chi connectivity index (χ1n) is 33.2. The fourth-order valence-corrected chi connectivity index (χ4v) is 9.83. The van der Waals surface area contributed by atoms with E-state index >= 15 is 0 Å². The van der Waals surface area contributed by atoms with E-state index in [4.69, 9.17) is 13.8 Å². The molecule has 0 saturated heterocycles. The molecule has 0 radical (unpaired) electrons. The molecule has 0 aromatic carbocycles. The molecule has 0 saturated carbocycles. The zero-order chi connectivity index (χ0) is 59.3. The molecule has 0 fully saturated rings. The summed E-state index contributed by atoms with van der Waals surface area (Å²) < 4.78 is 30.7. The van der Waals surface area contributed by atoms with Crippen LogP contribution in [0.15, 0.2) is 109 Å². The fourth-order valence-electron chi connectivity index (χ4n) is 9.09. The van der Waals surface area contributed by atoms with Crippen LogP contribution in [0.2, 0.25) is 0 Å². The first kappa shape index (κ1) is 77.7. The average molecular weight is 1150 g/mol. The molecule has 3 atom stereocenters. The number of rotatable bonds is 59. The van der Waals surface area contributed by atoms with Crippen molar-refractivity contribution in [3.63, 3.8) is 0 Å². The van der Waals surface area contributed by atoms with Crippen molar-refractivity contribution < 1.29 is 37.3 Å². The van der Waals surface area contributed by atoms with Crippen LogP contribution in [0.3, 0.4) is 0 Å². The molecule has 466 valence electrons. The van der Waals surface area contributed by atoms with Gasteiger partial charge in [0.15, 0.2) is 0 Å². The van der Waals surface area contributed by atoms with Crippen molar-refractivity contribution in [2.45, 2.75) is 290 Å². The Bertz CT molecular complexity index is 1750. The predicted molar refractivity (Wildman–Crippen MR) is 350 cm³/mol. The van der Waals surface area contributed by atoms with Gasteiger partial charge in [-0.15, -0.1) is 0 Å². The van der Waals surface area contributed by atoms with Crippen LogP contribution in [-0.4, -0.2) is 74.3 Å². The highest BCUT2D eigenvalue weighted by molar-refractivity contribution is 7.47. The number of esters is 1. The topological polar surface area (TPSA) is 111 Å². The number of allylic oxidation sites excluding steroid dienone is 17. The standard InChI is InChI=1S/C71H125N2O7P/c1-7-10-13-16-19-22-25-27-29-31-33-34-35-36-37-38-40-41-43-45-48-51-54-57-60-63-70(74)72-68(67-79-81(76,77)78-66-65-73(4,5)6)69(62-59-56-53-50-47-24-21-18-15-12-9-3)80-71(75)64-61-58-55-52-49-46-44-42-39-32-30-28-26-23-20-17-14-11-8-2/h11,14,19-20,22-23,27-30,33-34,39,42,46,49,59,62,68-69H,7-10,12-13,15-18,21,24-26,31-32,35-38,40-41,43-45,47-48,50-58,60-61,63-67H2,1-6H3,(H-,72,74,76,77)/p+1/b14-11-,22-19-,23-20-,29-27-,30-28-,34-33-,42-39-,49-46-,62-59-. The minimum atomic E-state index is -4.46. The Morgan fingerprint density at radius 1 is 0.444 bits per heavy atom. The van der Waals surface area contributed by atoms with E-state index < -0.39 is 20.0 Å². The largest absolute Gasteiger partial charge is 0.472 e. The zero-order valence-corrected chi connectivity index (χ0v) is 54.1. The number of hydrogen-bond acceptors (Lipinski definition) is 6. The van der Waals surface area contributed by atoms with Crippen LogP contribution in [-0.2, 0) is 27.9 Å². The summed E-state index contributed by atoms with van der Waals surface area (Å²) in [5.41, 5.74) is 0. The lowest BCUT2D eigenvalue weighted by Crippen LogP contribution is -2.47. The van der Waals surface area contributed by atoms with E-state index in [-0.39, 0.29) is 31.5 Å². The number of nitrogens with zero attached hydrogens (tertiary/aromatic N) is 1. The SMILES string of the molecule is CC/C=C\C/C=C\C/C=C\C/C=C\C/C=C\CCCCCC(=O)OC(/C=C\CCCCCCCCCCC)C(COP(=O)(O)OCC[N+](C)(C)C)NC(=O)CCCCCCCCCCCCCC/C=C\C/C=C\C/C=C\CCCCC. The Kier molecular flexibility index (Phi) is 57.4. The molecule has 0 heterocycles. The molecular weight excluding hydrogens is 1020 g/mol. The quantitative estimate of drug-likeness (QED) is 0.0205. The van der Waals surface area contributed by atoms with E-state index in [1.54, 1.807) is 0 Å². The van der Waals surface area contributed by atoms with Crippen molar-refractivity contribution in [3.05, 3.63) is 109 Å². The number of ether oxygens (including phenoxy) is 1. The maximum Gasteiger partial charge on any atom is 0.472 e. The molecule has 0 aliphatic heterocycles. The van der Waals surface area contributed by atoms with Crippen LogP contribution in [0.4, 0.5) is 0 Å². The lowest BCUT2D eigenvalue weighted by atomic mass is 10.0. The van der Waals surface area contributed by atoms with Crippen LogP contribution in [0.1, 0.15) is 278 Å². The summed E-state index contributed by atoms with van der Waals surface area (Å²) in [7, 11) is 1.46. The number of carbonyl (C=O) groups excluding carboxylic acids is 2. The second kappa shape index (κ2) is 59.8. The highest BCUT2D eigenvalue weighted by atomic mass is 31.2. The van der Waals surface area contributed by atoms with Gasteiger partial charge in [0.05, 0.1) is 33.8 Å². The van der Waals surface area contributed by atoms with Gasteiger partial charge in [0, 0.05) is 12.8 Å². The molecule has 81 heavy (non-hydrogen) atoms. The maximum atomic E-state index is 13.6. The molecule has 9 nitrogen and oxygen atoms in total. The molecule has 0 aliphatic carbocycles. The van der Waals surface area contributed by atoms with Crippen LogP contribution in [0, 0.1) is 0 Å². The highest BCUT2D eigenvalue weighted by Crippen LogP contribution is 2.43. The van der Waals surface area contributed by atoms with E-state index in [0.717, 1.165) is 103 Å². The van der Waals surface area contributed by atoms with Gasteiger partial charge in [-0.3, -0.25) is 18.6 Å². The number of carbonyl (C=O) groups is 2. The molecule has 10 heteroatoms. The molecular formula is C71H126N2O7P+. The second-order valence-corrected chi connectivity index (χ2v) is 24.7. The maximum absolute atomic E-state index is 13.6. The van der Waals surface area contributed by atoms with Gasteiger partial charge in [0.1, 0.15) is 19.3 Å². The summed E-state index contributed by atoms with van der Waals surface area (Å²) >= 11 is 0. The Balaban J connectivity index is 5.15. The van der Waals surface area contributed by atoms with Gasteiger partial charge >= 0.3 is 13.8 Å². The molecule has 0 bridgehead atoms. The number of quaternary nitrogens is 1. The number of amides is 1. The smallest absolute Gasteiger partial charge is 0.456 e. The van der Waals surface area contributed by atoms with Crippen molar-refractivity contribution in [1.29, 1.82) is 0 Å². The third-order valence-electron chi connectivity index (χ3n) is 14.2. The molecule has 0 rings (SSSR count). The summed E-state index contributed by atoms with van der Waals surface area (Å²) in [5, 5.41) is 3.05. The molecule has 2 N–H and O–H groups in total. The number of phosphoric acid groups is 1. The van der Waals surface area contributed by atoms with Crippen LogP contribution in [0.5, 0.6) is 0 Å². The summed E-state index contributed by atoms with van der Waals surface area (Å²) in [4.78, 5) is 37.8. The first-order valence-corrected chi connectivity index (χ1v) is 34.7. The van der Waals surface area contributed by atoms with Crippen LogP contribution in [0.25, 0.3) is 0 Å². The van der Waals surface area contributed by atoms with Gasteiger partial charge in [-0.2, -0.15) is 0 Å². The molecule has 0 aromatic heterocycles. The summed E-state index contributed by atoms with van der Waals surface area (Å²) in [6.45, 7) is 6.84. The highest BCUT2D eigenvalue weighted by Gasteiger charge is 2.30. The summed E-state index contributed by atoms with van der Waals surface area (Å²) in [6.07, 6.45) is 82.4. The third kappa shape index (κ3) is 61.1. The number of likely N-dealkylation sites (N-methyl/N-ethyl adjacent to an activating group) is 1. The van der Waals surface area contributed by atoms with Gasteiger partial charge in [-0.05, 0) is 115 Å².